The molecule has 2 aliphatic rings. The summed E-state index contributed by atoms with van der Waals surface area (Å²) in [6.45, 7) is 0.693. The maximum Gasteiger partial charge on any atom is 0.236 e. The number of amides is 1. The molecule has 1 heterocycles. The molecule has 0 bridgehead atoms. The Hall–Kier alpha value is -0.670. The lowest BCUT2D eigenvalue weighted by molar-refractivity contribution is -0.132. The van der Waals surface area contributed by atoms with Gasteiger partial charge in [0.05, 0.1) is 5.25 Å². The summed E-state index contributed by atoms with van der Waals surface area (Å²) in [6, 6.07) is 8.78. The van der Waals surface area contributed by atoms with Crippen molar-refractivity contribution in [3.63, 3.8) is 0 Å². The Labute approximate surface area is 129 Å². The molecule has 1 aliphatic heterocycles. The van der Waals surface area contributed by atoms with E-state index in [0.717, 1.165) is 19.3 Å². The first kappa shape index (κ1) is 14.3. The van der Waals surface area contributed by atoms with Crippen LogP contribution in [0.15, 0.2) is 29.2 Å². The van der Waals surface area contributed by atoms with Crippen LogP contribution >= 0.6 is 23.4 Å². The molecule has 1 unspecified atom stereocenters. The highest BCUT2D eigenvalue weighted by atomic mass is 35.5. The van der Waals surface area contributed by atoms with E-state index in [1.54, 1.807) is 11.8 Å². The van der Waals surface area contributed by atoms with E-state index in [4.69, 9.17) is 11.6 Å². The second-order valence-electron chi connectivity index (χ2n) is 5.58. The SMILES string of the molecule is O=C(C1Cc2ccccc2S1)N(CCCl)C1CCCC1. The molecule has 1 saturated carbocycles. The number of rotatable bonds is 4. The van der Waals surface area contributed by atoms with Crippen LogP contribution in [0.25, 0.3) is 0 Å². The Bertz CT molecular complexity index is 462. The third kappa shape index (κ3) is 2.84. The van der Waals surface area contributed by atoms with Crippen molar-refractivity contribution in [2.45, 2.75) is 48.3 Å². The maximum absolute atomic E-state index is 12.8. The topological polar surface area (TPSA) is 20.3 Å². The van der Waals surface area contributed by atoms with Crippen molar-refractivity contribution in [2.75, 3.05) is 12.4 Å². The smallest absolute Gasteiger partial charge is 0.236 e. The van der Waals surface area contributed by atoms with Gasteiger partial charge in [0.25, 0.3) is 0 Å². The summed E-state index contributed by atoms with van der Waals surface area (Å²) >= 11 is 7.64. The van der Waals surface area contributed by atoms with Gasteiger partial charge < -0.3 is 4.90 Å². The Morgan fingerprint density at radius 2 is 2.05 bits per heavy atom. The van der Waals surface area contributed by atoms with Crippen LogP contribution in [-0.4, -0.2) is 34.5 Å². The number of carbonyl (C=O) groups excluding carboxylic acids is 1. The van der Waals surface area contributed by atoms with Gasteiger partial charge in [0.15, 0.2) is 0 Å². The Morgan fingerprint density at radius 1 is 1.30 bits per heavy atom. The van der Waals surface area contributed by atoms with Crippen LogP contribution in [0.5, 0.6) is 0 Å². The molecule has 3 rings (SSSR count). The van der Waals surface area contributed by atoms with Gasteiger partial charge in [-0.25, -0.2) is 0 Å². The second-order valence-corrected chi connectivity index (χ2v) is 7.20. The third-order valence-electron chi connectivity index (χ3n) is 4.30. The first-order valence-corrected chi connectivity index (χ1v) is 8.82. The van der Waals surface area contributed by atoms with Crippen LogP contribution in [0.2, 0.25) is 0 Å². The van der Waals surface area contributed by atoms with Gasteiger partial charge in [0, 0.05) is 23.4 Å². The molecule has 0 saturated heterocycles. The molecule has 1 aliphatic carbocycles. The van der Waals surface area contributed by atoms with E-state index in [9.17, 15) is 4.79 Å². The molecule has 20 heavy (non-hydrogen) atoms. The lowest BCUT2D eigenvalue weighted by atomic mass is 10.1. The molecule has 0 N–H and O–H groups in total. The molecule has 1 aromatic rings. The molecule has 4 heteroatoms. The second kappa shape index (κ2) is 6.40. The Balaban J connectivity index is 1.71. The van der Waals surface area contributed by atoms with Crippen LogP contribution in [0.3, 0.4) is 0 Å². The standard InChI is InChI=1S/C16H20ClNOS/c17-9-10-18(13-6-2-3-7-13)16(19)15-11-12-5-1-4-8-14(12)20-15/h1,4-5,8,13,15H,2-3,6-7,9-11H2. The number of halogens is 1. The van der Waals surface area contributed by atoms with Crippen molar-refractivity contribution in [3.05, 3.63) is 29.8 Å². The average Bonchev–Trinajstić information content (AvgIpc) is 3.12. The van der Waals surface area contributed by atoms with Gasteiger partial charge in [-0.1, -0.05) is 31.0 Å². The molecule has 0 aromatic heterocycles. The van der Waals surface area contributed by atoms with Crippen molar-refractivity contribution in [2.24, 2.45) is 0 Å². The third-order valence-corrected chi connectivity index (χ3v) is 5.77. The zero-order valence-corrected chi connectivity index (χ0v) is 13.1. The number of hydrogen-bond donors (Lipinski definition) is 0. The molecule has 1 aromatic carbocycles. The summed E-state index contributed by atoms with van der Waals surface area (Å²) in [5.74, 6) is 0.825. The lowest BCUT2D eigenvalue weighted by Crippen LogP contribution is -2.44. The highest BCUT2D eigenvalue weighted by molar-refractivity contribution is 8.01. The van der Waals surface area contributed by atoms with Gasteiger partial charge >= 0.3 is 0 Å². The molecular formula is C16H20ClNOS. The molecular weight excluding hydrogens is 290 g/mol. The highest BCUT2D eigenvalue weighted by Gasteiger charge is 2.34. The number of alkyl halides is 1. The zero-order valence-electron chi connectivity index (χ0n) is 11.6. The van der Waals surface area contributed by atoms with Gasteiger partial charge in [0.1, 0.15) is 0 Å². The Morgan fingerprint density at radius 3 is 2.75 bits per heavy atom. The van der Waals surface area contributed by atoms with Gasteiger partial charge in [-0.15, -0.1) is 23.4 Å². The predicted octanol–water partition coefficient (Wildman–Crippen LogP) is 3.71. The fourth-order valence-corrected chi connectivity index (χ4v) is 4.73. The summed E-state index contributed by atoms with van der Waals surface area (Å²) in [6.07, 6.45) is 5.65. The number of carbonyl (C=O) groups is 1. The predicted molar refractivity (Wildman–Crippen MR) is 84.5 cm³/mol. The lowest BCUT2D eigenvalue weighted by Gasteiger charge is -2.30. The average molecular weight is 310 g/mol. The van der Waals surface area contributed by atoms with Crippen LogP contribution in [0.4, 0.5) is 0 Å². The summed E-state index contributed by atoms with van der Waals surface area (Å²) in [5, 5.41) is 0.0521. The monoisotopic (exact) mass is 309 g/mol. The molecule has 1 atom stereocenters. The summed E-state index contributed by atoms with van der Waals surface area (Å²) in [4.78, 5) is 16.2. The van der Waals surface area contributed by atoms with E-state index in [-0.39, 0.29) is 5.25 Å². The van der Waals surface area contributed by atoms with E-state index in [1.165, 1.54) is 23.3 Å². The highest BCUT2D eigenvalue weighted by Crippen LogP contribution is 2.38. The minimum Gasteiger partial charge on any atom is -0.338 e. The molecule has 0 spiro atoms. The van der Waals surface area contributed by atoms with E-state index >= 15 is 0 Å². The van der Waals surface area contributed by atoms with Gasteiger partial charge in [0.2, 0.25) is 5.91 Å². The quantitative estimate of drug-likeness (QED) is 0.790. The fourth-order valence-electron chi connectivity index (χ4n) is 3.28. The summed E-state index contributed by atoms with van der Waals surface area (Å²) < 4.78 is 0. The van der Waals surface area contributed by atoms with E-state index in [0.29, 0.717) is 24.4 Å². The van der Waals surface area contributed by atoms with Crippen molar-refractivity contribution in [1.29, 1.82) is 0 Å². The van der Waals surface area contributed by atoms with Crippen molar-refractivity contribution >= 4 is 29.3 Å². The van der Waals surface area contributed by atoms with Crippen LogP contribution in [0.1, 0.15) is 31.2 Å². The van der Waals surface area contributed by atoms with Crippen LogP contribution in [-0.2, 0) is 11.2 Å². The van der Waals surface area contributed by atoms with Crippen molar-refractivity contribution in [1.82, 2.24) is 4.90 Å². The first-order valence-electron chi connectivity index (χ1n) is 7.40. The molecule has 108 valence electrons. The minimum absolute atomic E-state index is 0.0521. The van der Waals surface area contributed by atoms with Crippen LogP contribution in [0, 0.1) is 0 Å². The number of fused-ring (bicyclic) bond motifs is 1. The molecule has 1 fully saturated rings. The van der Waals surface area contributed by atoms with E-state index in [1.807, 2.05) is 6.07 Å². The maximum atomic E-state index is 12.8. The molecule has 0 radical (unpaired) electrons. The van der Waals surface area contributed by atoms with Gasteiger partial charge in [-0.3, -0.25) is 4.79 Å². The summed E-state index contributed by atoms with van der Waals surface area (Å²) in [7, 11) is 0. The first-order chi connectivity index (χ1) is 9.79. The number of hydrogen-bond acceptors (Lipinski definition) is 2. The van der Waals surface area contributed by atoms with Crippen LogP contribution < -0.4 is 0 Å². The number of thioether (sulfide) groups is 1. The van der Waals surface area contributed by atoms with Gasteiger partial charge in [-0.05, 0) is 30.9 Å². The number of nitrogens with zero attached hydrogens (tertiary/aromatic N) is 1. The normalized spacial score (nSPS) is 21.9. The minimum atomic E-state index is 0.0521. The molecule has 2 nitrogen and oxygen atoms in total. The van der Waals surface area contributed by atoms with E-state index in [2.05, 4.69) is 23.1 Å². The van der Waals surface area contributed by atoms with Gasteiger partial charge in [-0.2, -0.15) is 0 Å². The molecule has 1 amide bonds. The fraction of sp³-hybridized carbons (Fsp3) is 0.562. The van der Waals surface area contributed by atoms with E-state index < -0.39 is 0 Å². The van der Waals surface area contributed by atoms with Crippen molar-refractivity contribution < 1.29 is 4.79 Å². The summed E-state index contributed by atoms with van der Waals surface area (Å²) in [5.41, 5.74) is 1.31. The Kier molecular flexibility index (Phi) is 4.57. The zero-order chi connectivity index (χ0) is 13.9. The largest absolute Gasteiger partial charge is 0.338 e. The number of benzene rings is 1. The van der Waals surface area contributed by atoms with Crippen molar-refractivity contribution in [3.8, 4) is 0 Å².